The van der Waals surface area contributed by atoms with E-state index in [9.17, 15) is 8.42 Å². The summed E-state index contributed by atoms with van der Waals surface area (Å²) in [4.78, 5) is 0.00168. The van der Waals surface area contributed by atoms with Gasteiger partial charge in [0.25, 0.3) is 0 Å². The second-order valence-corrected chi connectivity index (χ2v) is 15.7. The predicted molar refractivity (Wildman–Crippen MR) is 174 cm³/mol. The number of hydrogen-bond donors (Lipinski definition) is 1. The van der Waals surface area contributed by atoms with E-state index in [1.165, 1.54) is 28.0 Å². The normalized spacial score (nSPS) is 19.6. The quantitative estimate of drug-likeness (QED) is 0.199. The Hall–Kier alpha value is -3.48. The molecule has 0 amide bonds. The van der Waals surface area contributed by atoms with Gasteiger partial charge in [-0.05, 0) is 87.3 Å². The number of ether oxygens (including phenoxy) is 2. The topological polar surface area (TPSA) is 98.6 Å². The number of anilines is 2. The molecule has 9 nitrogen and oxygen atoms in total. The van der Waals surface area contributed by atoms with Crippen LogP contribution in [-0.2, 0) is 28.7 Å². The average Bonchev–Trinajstić information content (AvgIpc) is 3.78. The number of methoxy groups -OCH3 is 1. The van der Waals surface area contributed by atoms with Crippen LogP contribution in [0.4, 0.5) is 15.9 Å². The predicted octanol–water partition coefficient (Wildman–Crippen LogP) is 7.53. The van der Waals surface area contributed by atoms with Crippen LogP contribution >= 0.6 is 11.5 Å². The highest BCUT2D eigenvalue weighted by atomic mass is 32.2. The second kappa shape index (κ2) is 12.0. The summed E-state index contributed by atoms with van der Waals surface area (Å²) >= 11 is 1.42. The van der Waals surface area contributed by atoms with Crippen LogP contribution in [0.3, 0.4) is 0 Å². The Morgan fingerprint density at radius 1 is 1.13 bits per heavy atom. The summed E-state index contributed by atoms with van der Waals surface area (Å²) in [5, 5.41) is 10.3. The van der Waals surface area contributed by atoms with Crippen molar-refractivity contribution >= 4 is 33.1 Å². The van der Waals surface area contributed by atoms with Gasteiger partial charge in [-0.2, -0.15) is 13.8 Å². The van der Waals surface area contributed by atoms with Crippen molar-refractivity contribution in [2.24, 2.45) is 0 Å². The zero-order valence-electron chi connectivity index (χ0n) is 26.5. The molecule has 0 radical (unpaired) electrons. The van der Waals surface area contributed by atoms with Crippen molar-refractivity contribution in [1.82, 2.24) is 18.5 Å². The molecule has 0 spiro atoms. The molecule has 1 saturated carbocycles. The fraction of sp³-hybridized carbons (Fsp3) is 0.455. The zero-order valence-corrected chi connectivity index (χ0v) is 28.1. The van der Waals surface area contributed by atoms with E-state index in [2.05, 4.69) is 28.9 Å². The molecular formula is C33H40FN5O4S2. The summed E-state index contributed by atoms with van der Waals surface area (Å²) in [5.74, 6) is 2.04. The minimum atomic E-state index is -3.84. The fourth-order valence-corrected chi connectivity index (χ4v) is 8.47. The summed E-state index contributed by atoms with van der Waals surface area (Å²) < 4.78 is 61.9. The molecule has 2 atom stereocenters. The first-order valence-electron chi connectivity index (χ1n) is 15.3. The molecule has 6 rings (SSSR count). The van der Waals surface area contributed by atoms with Crippen LogP contribution in [0.5, 0.6) is 11.6 Å². The Balaban J connectivity index is 1.21. The number of halogens is 1. The van der Waals surface area contributed by atoms with Gasteiger partial charge in [-0.15, -0.1) is 0 Å². The molecule has 1 aliphatic carbocycles. The number of aromatic nitrogens is 3. The number of hydrogen-bond acceptors (Lipinski definition) is 8. The van der Waals surface area contributed by atoms with Gasteiger partial charge >= 0.3 is 0 Å². The highest BCUT2D eigenvalue weighted by Crippen LogP contribution is 2.41. The molecule has 0 bridgehead atoms. The van der Waals surface area contributed by atoms with E-state index in [1.54, 1.807) is 19.2 Å². The largest absolute Gasteiger partial charge is 0.497 e. The van der Waals surface area contributed by atoms with E-state index >= 15 is 4.39 Å². The van der Waals surface area contributed by atoms with Gasteiger partial charge in [-0.3, -0.25) is 0 Å². The van der Waals surface area contributed by atoms with Gasteiger partial charge in [0.1, 0.15) is 17.7 Å². The summed E-state index contributed by atoms with van der Waals surface area (Å²) in [6.07, 6.45) is 2.72. The van der Waals surface area contributed by atoms with E-state index in [1.807, 2.05) is 43.7 Å². The molecule has 3 heterocycles. The summed E-state index contributed by atoms with van der Waals surface area (Å²) in [6, 6.07) is 12.2. The lowest BCUT2D eigenvalue weighted by atomic mass is 10.0. The Morgan fingerprint density at radius 2 is 1.89 bits per heavy atom. The molecule has 4 aromatic rings. The third-order valence-corrected chi connectivity index (χ3v) is 11.1. The Kier molecular flexibility index (Phi) is 8.42. The maximum absolute atomic E-state index is 16.0. The standard InChI is InChI=1S/C33H40FN5O4S2/c1-20(2)26-19-44-37-32(26)43-24-12-9-22(15-24)28-16-30(39(36-28)33(3,4)5)35-27-13-14-29-25(31(27)34)18-38(45(29,40)41)17-21-7-10-23(42-6)11-8-21/h7-8,10-11,13-14,16,19-20,22,24,35H,9,12,15,17-18H2,1-6H3/t22-,24+/m0/s1. The Morgan fingerprint density at radius 3 is 2.58 bits per heavy atom. The summed E-state index contributed by atoms with van der Waals surface area (Å²) in [7, 11) is -2.27. The van der Waals surface area contributed by atoms with Gasteiger partial charge in [0, 0.05) is 41.6 Å². The van der Waals surface area contributed by atoms with Gasteiger partial charge in [0.2, 0.25) is 15.9 Å². The molecule has 1 fully saturated rings. The van der Waals surface area contributed by atoms with E-state index in [0.717, 1.165) is 42.0 Å². The molecule has 2 aromatic heterocycles. The molecular weight excluding hydrogens is 614 g/mol. The lowest BCUT2D eigenvalue weighted by Gasteiger charge is -2.23. The van der Waals surface area contributed by atoms with E-state index in [0.29, 0.717) is 17.5 Å². The van der Waals surface area contributed by atoms with Crippen molar-refractivity contribution in [3.05, 3.63) is 76.0 Å². The molecule has 2 aliphatic rings. The number of nitrogens with zero attached hydrogens (tertiary/aromatic N) is 4. The van der Waals surface area contributed by atoms with Gasteiger partial charge in [0.05, 0.1) is 28.9 Å². The summed E-state index contributed by atoms with van der Waals surface area (Å²) in [6.45, 7) is 10.5. The average molecular weight is 654 g/mol. The molecule has 45 heavy (non-hydrogen) atoms. The molecule has 240 valence electrons. The Bertz CT molecular complexity index is 1790. The fourth-order valence-electron chi connectivity index (χ4n) is 6.08. The van der Waals surface area contributed by atoms with Crippen molar-refractivity contribution < 1.29 is 22.3 Å². The second-order valence-electron chi connectivity index (χ2n) is 13.2. The number of benzene rings is 2. The maximum Gasteiger partial charge on any atom is 0.244 e. The highest BCUT2D eigenvalue weighted by Gasteiger charge is 2.38. The zero-order chi connectivity index (χ0) is 32.1. The van der Waals surface area contributed by atoms with Crippen LogP contribution in [0, 0.1) is 5.82 Å². The minimum absolute atomic E-state index is 0.00168. The maximum atomic E-state index is 16.0. The molecule has 2 aromatic carbocycles. The third-order valence-electron chi connectivity index (χ3n) is 8.56. The number of sulfonamides is 1. The molecule has 1 N–H and O–H groups in total. The lowest BCUT2D eigenvalue weighted by molar-refractivity contribution is 0.199. The minimum Gasteiger partial charge on any atom is -0.497 e. The SMILES string of the molecule is COc1ccc(CN2Cc3c(ccc(Nc4cc([C@H]5CC[C@@H](Oc6nscc6C(C)C)C5)nn4C(C)(C)C)c3F)S2(=O)=O)cc1. The van der Waals surface area contributed by atoms with Crippen LogP contribution in [0.25, 0.3) is 0 Å². The van der Waals surface area contributed by atoms with Crippen molar-refractivity contribution in [2.45, 2.75) is 95.3 Å². The van der Waals surface area contributed by atoms with Gasteiger partial charge < -0.3 is 14.8 Å². The third kappa shape index (κ3) is 6.19. The first-order valence-corrected chi connectivity index (χ1v) is 17.6. The van der Waals surface area contributed by atoms with Crippen LogP contribution in [0.2, 0.25) is 0 Å². The number of rotatable bonds is 9. The molecule has 0 unspecified atom stereocenters. The molecule has 0 saturated heterocycles. The van der Waals surface area contributed by atoms with E-state index < -0.39 is 15.8 Å². The number of fused-ring (bicyclic) bond motifs is 1. The van der Waals surface area contributed by atoms with Crippen LogP contribution in [-0.4, -0.2) is 40.1 Å². The van der Waals surface area contributed by atoms with Crippen molar-refractivity contribution in [3.63, 3.8) is 0 Å². The smallest absolute Gasteiger partial charge is 0.244 e. The van der Waals surface area contributed by atoms with Crippen molar-refractivity contribution in [2.75, 3.05) is 12.4 Å². The van der Waals surface area contributed by atoms with E-state index in [-0.39, 0.29) is 46.8 Å². The lowest BCUT2D eigenvalue weighted by Crippen LogP contribution is -2.25. The van der Waals surface area contributed by atoms with Gasteiger partial charge in [-0.25, -0.2) is 17.5 Å². The molecule has 12 heteroatoms. The monoisotopic (exact) mass is 653 g/mol. The highest BCUT2D eigenvalue weighted by molar-refractivity contribution is 7.89. The van der Waals surface area contributed by atoms with Crippen LogP contribution in [0.15, 0.2) is 52.7 Å². The van der Waals surface area contributed by atoms with Crippen molar-refractivity contribution in [1.29, 1.82) is 0 Å². The first kappa shape index (κ1) is 31.5. The van der Waals surface area contributed by atoms with Crippen LogP contribution < -0.4 is 14.8 Å². The van der Waals surface area contributed by atoms with E-state index in [4.69, 9.17) is 14.6 Å². The summed E-state index contributed by atoms with van der Waals surface area (Å²) in [5.41, 5.74) is 2.85. The Labute approximate surface area is 268 Å². The van der Waals surface area contributed by atoms with Crippen LogP contribution in [0.1, 0.15) is 88.1 Å². The van der Waals surface area contributed by atoms with Crippen molar-refractivity contribution in [3.8, 4) is 11.6 Å². The first-order chi connectivity index (χ1) is 21.3. The molecule has 1 aliphatic heterocycles. The van der Waals surface area contributed by atoms with Gasteiger partial charge in [0.15, 0.2) is 5.82 Å². The van der Waals surface area contributed by atoms with Gasteiger partial charge in [-0.1, -0.05) is 26.0 Å². The number of nitrogens with one attached hydrogen (secondary N) is 1.